The van der Waals surface area contributed by atoms with Crippen LogP contribution in [0.4, 0.5) is 5.69 Å². The Kier molecular flexibility index (Phi) is 7.11. The van der Waals surface area contributed by atoms with Gasteiger partial charge >= 0.3 is 11.9 Å². The number of aromatic nitrogens is 1. The molecule has 0 bridgehead atoms. The quantitative estimate of drug-likeness (QED) is 0.644. The minimum absolute atomic E-state index is 0.263. The van der Waals surface area contributed by atoms with E-state index in [2.05, 4.69) is 30.2 Å². The number of ether oxygens (including phenoxy) is 2. The molecule has 0 radical (unpaired) electrons. The van der Waals surface area contributed by atoms with Crippen LogP contribution in [0.25, 0.3) is 0 Å². The number of aromatic amines is 1. The van der Waals surface area contributed by atoms with Gasteiger partial charge in [-0.15, -0.1) is 0 Å². The first-order valence-corrected chi connectivity index (χ1v) is 10.0. The average Bonchev–Trinajstić information content (AvgIpc) is 3.00. The van der Waals surface area contributed by atoms with Gasteiger partial charge < -0.3 is 19.8 Å². The lowest BCUT2D eigenvalue weighted by Crippen LogP contribution is -2.24. The Morgan fingerprint density at radius 3 is 2.31 bits per heavy atom. The van der Waals surface area contributed by atoms with E-state index in [1.807, 2.05) is 39.8 Å². The fraction of sp³-hybridized carbons (Fsp3) is 0.478. The molecule has 6 nitrogen and oxygen atoms in total. The van der Waals surface area contributed by atoms with Crippen LogP contribution in [0.3, 0.4) is 0 Å². The number of rotatable bonds is 7. The summed E-state index contributed by atoms with van der Waals surface area (Å²) in [5.41, 5.74) is 4.64. The number of anilines is 1. The molecule has 0 aliphatic rings. The first-order valence-electron chi connectivity index (χ1n) is 10.0. The zero-order valence-electron chi connectivity index (χ0n) is 18.5. The number of H-pyrrole nitrogens is 1. The second-order valence-corrected chi connectivity index (χ2v) is 8.06. The summed E-state index contributed by atoms with van der Waals surface area (Å²) in [6.45, 7) is 13.8. The summed E-state index contributed by atoms with van der Waals surface area (Å²) in [5.74, 6) is -0.912. The van der Waals surface area contributed by atoms with Crippen molar-refractivity contribution in [2.45, 2.75) is 67.0 Å². The summed E-state index contributed by atoms with van der Waals surface area (Å²) in [6.07, 6.45) is 0.503. The largest absolute Gasteiger partial charge is 0.462 e. The van der Waals surface area contributed by atoms with E-state index in [0.717, 1.165) is 5.69 Å². The molecule has 2 rings (SSSR count). The number of aryl methyl sites for hydroxylation is 2. The fourth-order valence-electron chi connectivity index (χ4n) is 3.08. The van der Waals surface area contributed by atoms with E-state index < -0.39 is 17.5 Å². The molecule has 0 atom stereocenters. The van der Waals surface area contributed by atoms with Crippen molar-refractivity contribution in [3.05, 3.63) is 51.8 Å². The van der Waals surface area contributed by atoms with Gasteiger partial charge in [0.05, 0.1) is 18.7 Å². The Morgan fingerprint density at radius 1 is 1.07 bits per heavy atom. The van der Waals surface area contributed by atoms with Crippen molar-refractivity contribution >= 4 is 17.6 Å². The van der Waals surface area contributed by atoms with Crippen LogP contribution in [0, 0.1) is 13.8 Å². The molecule has 0 amide bonds. The molecular weight excluding hydrogens is 368 g/mol. The molecule has 2 aromatic rings. The van der Waals surface area contributed by atoms with Crippen molar-refractivity contribution < 1.29 is 19.1 Å². The third-order valence-electron chi connectivity index (χ3n) is 4.59. The van der Waals surface area contributed by atoms with Crippen molar-refractivity contribution in [1.29, 1.82) is 0 Å². The van der Waals surface area contributed by atoms with E-state index in [0.29, 0.717) is 35.5 Å². The van der Waals surface area contributed by atoms with Crippen LogP contribution in [0.2, 0.25) is 0 Å². The maximum atomic E-state index is 12.7. The van der Waals surface area contributed by atoms with Crippen molar-refractivity contribution in [2.24, 2.45) is 0 Å². The maximum absolute atomic E-state index is 12.7. The second-order valence-electron chi connectivity index (χ2n) is 8.06. The van der Waals surface area contributed by atoms with E-state index in [9.17, 15) is 9.59 Å². The van der Waals surface area contributed by atoms with Crippen LogP contribution in [-0.2, 0) is 22.4 Å². The second kappa shape index (κ2) is 9.16. The Morgan fingerprint density at radius 2 is 1.76 bits per heavy atom. The molecular formula is C23H32N2O4. The van der Waals surface area contributed by atoms with Gasteiger partial charge in [-0.2, -0.15) is 0 Å². The average molecular weight is 401 g/mol. The van der Waals surface area contributed by atoms with Gasteiger partial charge in [-0.3, -0.25) is 0 Å². The van der Waals surface area contributed by atoms with Crippen LogP contribution in [-0.4, -0.2) is 29.1 Å². The Labute approximate surface area is 173 Å². The van der Waals surface area contributed by atoms with Crippen LogP contribution >= 0.6 is 0 Å². The number of esters is 2. The highest BCUT2D eigenvalue weighted by atomic mass is 16.6. The van der Waals surface area contributed by atoms with Crippen molar-refractivity contribution in [2.75, 3.05) is 11.9 Å². The maximum Gasteiger partial charge on any atom is 0.355 e. The Bertz CT molecular complexity index is 891. The number of hydrogen-bond acceptors (Lipinski definition) is 5. The van der Waals surface area contributed by atoms with Crippen molar-refractivity contribution in [1.82, 2.24) is 4.98 Å². The highest BCUT2D eigenvalue weighted by molar-refractivity contribution is 5.99. The van der Waals surface area contributed by atoms with E-state index in [-0.39, 0.29) is 6.61 Å². The summed E-state index contributed by atoms with van der Waals surface area (Å²) in [7, 11) is 0. The lowest BCUT2D eigenvalue weighted by molar-refractivity contribution is 0.00622. The molecule has 0 fully saturated rings. The Hall–Kier alpha value is -2.76. The highest BCUT2D eigenvalue weighted by Gasteiger charge is 2.29. The molecule has 0 saturated carbocycles. The van der Waals surface area contributed by atoms with Crippen molar-refractivity contribution in [3.63, 3.8) is 0 Å². The van der Waals surface area contributed by atoms with Crippen LogP contribution < -0.4 is 5.32 Å². The standard InChI is InChI=1S/C23H32N2O4/c1-8-17-19(21(26)28-9-2)18(25-20(17)22(27)29-23(5,6)7)13-24-16-11-10-14(3)15(4)12-16/h10-12,24-25H,8-9,13H2,1-7H3. The summed E-state index contributed by atoms with van der Waals surface area (Å²) in [5, 5.41) is 3.33. The molecule has 1 aromatic heterocycles. The minimum Gasteiger partial charge on any atom is -0.462 e. The smallest absolute Gasteiger partial charge is 0.355 e. The zero-order chi connectivity index (χ0) is 21.8. The first-order chi connectivity index (χ1) is 13.6. The molecule has 0 unspecified atom stereocenters. The molecule has 1 aromatic carbocycles. The van der Waals surface area contributed by atoms with E-state index >= 15 is 0 Å². The molecule has 6 heteroatoms. The predicted molar refractivity (Wildman–Crippen MR) is 115 cm³/mol. The highest BCUT2D eigenvalue weighted by Crippen LogP contribution is 2.25. The molecule has 0 saturated heterocycles. The number of hydrogen-bond donors (Lipinski definition) is 2. The van der Waals surface area contributed by atoms with Crippen molar-refractivity contribution in [3.8, 4) is 0 Å². The third-order valence-corrected chi connectivity index (χ3v) is 4.59. The van der Waals surface area contributed by atoms with Gasteiger partial charge in [0.15, 0.2) is 0 Å². The molecule has 0 aliphatic carbocycles. The normalized spacial score (nSPS) is 11.3. The molecule has 29 heavy (non-hydrogen) atoms. The first kappa shape index (κ1) is 22.5. The number of benzene rings is 1. The lowest BCUT2D eigenvalue weighted by Gasteiger charge is -2.19. The van der Waals surface area contributed by atoms with Gasteiger partial charge in [0.2, 0.25) is 0 Å². The monoisotopic (exact) mass is 400 g/mol. The predicted octanol–water partition coefficient (Wildman–Crippen LogP) is 4.94. The van der Waals surface area contributed by atoms with E-state index in [4.69, 9.17) is 9.47 Å². The fourth-order valence-corrected chi connectivity index (χ4v) is 3.08. The zero-order valence-corrected chi connectivity index (χ0v) is 18.5. The summed E-state index contributed by atoms with van der Waals surface area (Å²) in [6, 6.07) is 6.09. The number of nitrogens with one attached hydrogen (secondary N) is 2. The molecule has 158 valence electrons. The topological polar surface area (TPSA) is 80.4 Å². The molecule has 1 heterocycles. The molecule has 2 N–H and O–H groups in total. The van der Waals surface area contributed by atoms with E-state index in [1.165, 1.54) is 11.1 Å². The van der Waals surface area contributed by atoms with Crippen LogP contribution in [0.5, 0.6) is 0 Å². The van der Waals surface area contributed by atoms with Gasteiger partial charge in [0.25, 0.3) is 0 Å². The number of carbonyl (C=O) groups is 2. The summed E-state index contributed by atoms with van der Waals surface area (Å²) < 4.78 is 10.8. The minimum atomic E-state index is -0.630. The summed E-state index contributed by atoms with van der Waals surface area (Å²) in [4.78, 5) is 28.5. The summed E-state index contributed by atoms with van der Waals surface area (Å²) >= 11 is 0. The molecule has 0 aliphatic heterocycles. The van der Waals surface area contributed by atoms with Gasteiger partial charge in [0.1, 0.15) is 11.3 Å². The molecule has 0 spiro atoms. The van der Waals surface area contributed by atoms with Crippen LogP contribution in [0.1, 0.15) is 77.8 Å². The Balaban J connectivity index is 2.41. The van der Waals surface area contributed by atoms with Gasteiger partial charge in [-0.1, -0.05) is 13.0 Å². The van der Waals surface area contributed by atoms with Gasteiger partial charge in [-0.25, -0.2) is 9.59 Å². The SMILES string of the molecule is CCOC(=O)c1c(CNc2ccc(C)c(C)c2)[nH]c(C(=O)OC(C)(C)C)c1CC. The van der Waals surface area contributed by atoms with E-state index in [1.54, 1.807) is 6.92 Å². The van der Waals surface area contributed by atoms with Gasteiger partial charge in [0, 0.05) is 11.4 Å². The number of carbonyl (C=O) groups excluding carboxylic acids is 2. The van der Waals surface area contributed by atoms with Gasteiger partial charge in [-0.05, 0) is 76.8 Å². The third kappa shape index (κ3) is 5.62. The lowest BCUT2D eigenvalue weighted by atomic mass is 10.1. The van der Waals surface area contributed by atoms with Crippen LogP contribution in [0.15, 0.2) is 18.2 Å².